The third-order valence-electron chi connectivity index (χ3n) is 5.48. The van der Waals surface area contributed by atoms with Gasteiger partial charge in [-0.25, -0.2) is 4.79 Å². The minimum absolute atomic E-state index is 0.203. The number of methoxy groups -OCH3 is 2. The Balaban J connectivity index is 2.46. The largest absolute Gasteiger partial charge is 0.497 e. The van der Waals surface area contributed by atoms with E-state index < -0.39 is 12.0 Å². The molecule has 0 aliphatic rings. The van der Waals surface area contributed by atoms with E-state index in [1.807, 2.05) is 6.92 Å². The van der Waals surface area contributed by atoms with Crippen LogP contribution in [0.1, 0.15) is 56.3 Å². The molecule has 0 N–H and O–H groups in total. The normalized spacial score (nSPS) is 11.5. The first-order valence-electron chi connectivity index (χ1n) is 10.1. The van der Waals surface area contributed by atoms with Crippen LogP contribution in [0.3, 0.4) is 0 Å². The molecule has 7 heteroatoms. The van der Waals surface area contributed by atoms with E-state index in [0.717, 1.165) is 0 Å². The SMILES string of the molecule is C=CCN(C(=O)c1ccc(OC)cc1)C(C)C(=O)c1c(C)c(C(=O)OC)n(CC)c1C. The number of Topliss-reactive ketones (excluding diaryl/α,β-unsaturated/α-hetero) is 1. The summed E-state index contributed by atoms with van der Waals surface area (Å²) in [6, 6.07) is 5.96. The second kappa shape index (κ2) is 10.1. The predicted molar refractivity (Wildman–Crippen MR) is 119 cm³/mol. The number of ether oxygens (including phenoxy) is 2. The van der Waals surface area contributed by atoms with Crippen molar-refractivity contribution in [2.75, 3.05) is 20.8 Å². The first kappa shape index (κ1) is 23.9. The summed E-state index contributed by atoms with van der Waals surface area (Å²) in [5.41, 5.74) is 2.46. The van der Waals surface area contributed by atoms with Gasteiger partial charge in [-0.1, -0.05) is 6.08 Å². The van der Waals surface area contributed by atoms with Crippen LogP contribution in [0.25, 0.3) is 0 Å². The maximum absolute atomic E-state index is 13.5. The molecule has 2 rings (SSSR count). The average Bonchev–Trinajstić information content (AvgIpc) is 3.04. The molecule has 0 saturated carbocycles. The third-order valence-corrected chi connectivity index (χ3v) is 5.48. The molecular weight excluding hydrogens is 396 g/mol. The van der Waals surface area contributed by atoms with Gasteiger partial charge in [0.25, 0.3) is 5.91 Å². The van der Waals surface area contributed by atoms with Crippen molar-refractivity contribution >= 4 is 17.7 Å². The summed E-state index contributed by atoms with van der Waals surface area (Å²) < 4.78 is 11.8. The van der Waals surface area contributed by atoms with Crippen LogP contribution >= 0.6 is 0 Å². The van der Waals surface area contributed by atoms with E-state index in [9.17, 15) is 14.4 Å². The highest BCUT2D eigenvalue weighted by atomic mass is 16.5. The van der Waals surface area contributed by atoms with Gasteiger partial charge in [0.05, 0.1) is 20.3 Å². The smallest absolute Gasteiger partial charge is 0.354 e. The maximum atomic E-state index is 13.5. The van der Waals surface area contributed by atoms with Crippen molar-refractivity contribution in [2.45, 2.75) is 40.3 Å². The third kappa shape index (κ3) is 4.55. The molecule has 2 aromatic rings. The highest BCUT2D eigenvalue weighted by Crippen LogP contribution is 2.26. The molecule has 0 aliphatic carbocycles. The van der Waals surface area contributed by atoms with Crippen LogP contribution in [0.15, 0.2) is 36.9 Å². The summed E-state index contributed by atoms with van der Waals surface area (Å²) in [6.07, 6.45) is 1.59. The van der Waals surface area contributed by atoms with E-state index in [4.69, 9.17) is 9.47 Å². The van der Waals surface area contributed by atoms with E-state index in [0.29, 0.717) is 40.4 Å². The molecule has 0 saturated heterocycles. The quantitative estimate of drug-likeness (QED) is 0.346. The fourth-order valence-electron chi connectivity index (χ4n) is 3.82. The van der Waals surface area contributed by atoms with Crippen molar-refractivity contribution in [1.29, 1.82) is 0 Å². The van der Waals surface area contributed by atoms with Crippen molar-refractivity contribution in [3.8, 4) is 5.75 Å². The zero-order valence-electron chi connectivity index (χ0n) is 19.0. The standard InChI is InChI=1S/C24H30N2O5/c1-8-14-26(23(28)18-10-12-19(30-6)13-11-18)17(5)22(27)20-15(3)21(24(29)31-7)25(9-2)16(20)4/h8,10-13,17H,1,9,14H2,2-7H3. The number of ketones is 1. The molecule has 0 radical (unpaired) electrons. The summed E-state index contributed by atoms with van der Waals surface area (Å²) in [5.74, 6) is -0.386. The van der Waals surface area contributed by atoms with Gasteiger partial charge in [0.1, 0.15) is 11.4 Å². The Hall–Kier alpha value is -3.35. The average molecular weight is 427 g/mol. The summed E-state index contributed by atoms with van der Waals surface area (Å²) in [5, 5.41) is 0. The summed E-state index contributed by atoms with van der Waals surface area (Å²) in [7, 11) is 2.87. The number of aromatic nitrogens is 1. The van der Waals surface area contributed by atoms with E-state index >= 15 is 0 Å². The Morgan fingerprint density at radius 2 is 1.77 bits per heavy atom. The topological polar surface area (TPSA) is 77.8 Å². The monoisotopic (exact) mass is 426 g/mol. The second-order valence-electron chi connectivity index (χ2n) is 7.18. The van der Waals surface area contributed by atoms with Crippen LogP contribution in [-0.2, 0) is 11.3 Å². The molecule has 0 aliphatic heterocycles. The number of amides is 1. The molecule has 1 aromatic heterocycles. The lowest BCUT2D eigenvalue weighted by molar-refractivity contribution is 0.0587. The fraction of sp³-hybridized carbons (Fsp3) is 0.375. The molecule has 1 aromatic carbocycles. The summed E-state index contributed by atoms with van der Waals surface area (Å²) >= 11 is 0. The van der Waals surface area contributed by atoms with Crippen LogP contribution in [-0.4, -0.2) is 53.9 Å². The molecule has 7 nitrogen and oxygen atoms in total. The van der Waals surface area contributed by atoms with Gasteiger partial charge < -0.3 is 18.9 Å². The number of carbonyl (C=O) groups is 3. The van der Waals surface area contributed by atoms with Gasteiger partial charge in [-0.05, 0) is 57.5 Å². The molecule has 31 heavy (non-hydrogen) atoms. The number of rotatable bonds is 9. The number of nitrogens with zero attached hydrogens (tertiary/aromatic N) is 2. The van der Waals surface area contributed by atoms with Gasteiger partial charge in [-0.15, -0.1) is 6.58 Å². The van der Waals surface area contributed by atoms with Crippen LogP contribution in [0.2, 0.25) is 0 Å². The van der Waals surface area contributed by atoms with Crippen molar-refractivity contribution in [2.24, 2.45) is 0 Å². The van der Waals surface area contributed by atoms with Gasteiger partial charge in [-0.3, -0.25) is 9.59 Å². The van der Waals surface area contributed by atoms with Gasteiger partial charge >= 0.3 is 5.97 Å². The van der Waals surface area contributed by atoms with Crippen molar-refractivity contribution in [3.63, 3.8) is 0 Å². The highest BCUT2D eigenvalue weighted by Gasteiger charge is 2.32. The molecular formula is C24H30N2O5. The number of hydrogen-bond donors (Lipinski definition) is 0. The Morgan fingerprint density at radius 3 is 2.26 bits per heavy atom. The molecule has 1 heterocycles. The van der Waals surface area contributed by atoms with Crippen molar-refractivity contribution < 1.29 is 23.9 Å². The molecule has 1 amide bonds. The predicted octanol–water partition coefficient (Wildman–Crippen LogP) is 3.82. The maximum Gasteiger partial charge on any atom is 0.354 e. The molecule has 0 bridgehead atoms. The molecule has 1 unspecified atom stereocenters. The molecule has 1 atom stereocenters. The molecule has 0 spiro atoms. The Morgan fingerprint density at radius 1 is 1.16 bits per heavy atom. The zero-order valence-corrected chi connectivity index (χ0v) is 19.0. The number of esters is 1. The Bertz CT molecular complexity index is 988. The number of benzene rings is 1. The van der Waals surface area contributed by atoms with Gasteiger partial charge in [0.15, 0.2) is 5.78 Å². The summed E-state index contributed by atoms with van der Waals surface area (Å²) in [4.78, 5) is 40.5. The van der Waals surface area contributed by atoms with E-state index in [1.165, 1.54) is 12.0 Å². The van der Waals surface area contributed by atoms with Gasteiger partial charge in [0, 0.05) is 29.9 Å². The van der Waals surface area contributed by atoms with Gasteiger partial charge in [-0.2, -0.15) is 0 Å². The van der Waals surface area contributed by atoms with E-state index in [-0.39, 0.29) is 18.2 Å². The Labute approximate surface area is 183 Å². The first-order valence-corrected chi connectivity index (χ1v) is 10.1. The minimum Gasteiger partial charge on any atom is -0.497 e. The van der Waals surface area contributed by atoms with Crippen molar-refractivity contribution in [3.05, 3.63) is 65.0 Å². The highest BCUT2D eigenvalue weighted by molar-refractivity contribution is 6.07. The van der Waals surface area contributed by atoms with Crippen LogP contribution < -0.4 is 4.74 Å². The Kier molecular flexibility index (Phi) is 7.80. The van der Waals surface area contributed by atoms with Crippen LogP contribution in [0, 0.1) is 13.8 Å². The lowest BCUT2D eigenvalue weighted by Crippen LogP contribution is -2.43. The minimum atomic E-state index is -0.761. The summed E-state index contributed by atoms with van der Waals surface area (Å²) in [6.45, 7) is 11.6. The van der Waals surface area contributed by atoms with Crippen LogP contribution in [0.5, 0.6) is 5.75 Å². The van der Waals surface area contributed by atoms with E-state index in [1.54, 1.807) is 62.8 Å². The van der Waals surface area contributed by atoms with E-state index in [2.05, 4.69) is 6.58 Å². The molecule has 166 valence electrons. The number of hydrogen-bond acceptors (Lipinski definition) is 5. The van der Waals surface area contributed by atoms with Crippen molar-refractivity contribution in [1.82, 2.24) is 9.47 Å². The fourth-order valence-corrected chi connectivity index (χ4v) is 3.82. The lowest BCUT2D eigenvalue weighted by Gasteiger charge is -2.27. The zero-order chi connectivity index (χ0) is 23.3. The number of carbonyl (C=O) groups excluding carboxylic acids is 3. The first-order chi connectivity index (χ1) is 14.7. The second-order valence-corrected chi connectivity index (χ2v) is 7.18. The lowest BCUT2D eigenvalue weighted by atomic mass is 9.99. The molecule has 0 fully saturated rings. The van der Waals surface area contributed by atoms with Gasteiger partial charge in [0.2, 0.25) is 0 Å². The van der Waals surface area contributed by atoms with Crippen LogP contribution in [0.4, 0.5) is 0 Å².